The van der Waals surface area contributed by atoms with Gasteiger partial charge in [-0.05, 0) is 51.3 Å². The number of aryl methyl sites for hydroxylation is 1. The van der Waals surface area contributed by atoms with E-state index in [0.29, 0.717) is 18.7 Å². The Morgan fingerprint density at radius 3 is 2.62 bits per heavy atom. The highest BCUT2D eigenvalue weighted by molar-refractivity contribution is 5.92. The summed E-state index contributed by atoms with van der Waals surface area (Å²) in [5.41, 5.74) is 2.99. The highest BCUT2D eigenvalue weighted by Gasteiger charge is 2.32. The zero-order valence-corrected chi connectivity index (χ0v) is 13.3. The van der Waals surface area contributed by atoms with E-state index in [-0.39, 0.29) is 12.7 Å². The van der Waals surface area contributed by atoms with Gasteiger partial charge in [0.2, 0.25) is 0 Å². The van der Waals surface area contributed by atoms with Gasteiger partial charge in [0.25, 0.3) is 0 Å². The average Bonchev–Trinajstić information content (AvgIpc) is 2.81. The molecule has 1 heterocycles. The number of rotatable bonds is 2. The third-order valence-electron chi connectivity index (χ3n) is 3.52. The zero-order valence-electron chi connectivity index (χ0n) is 13.3. The molecule has 0 spiro atoms. The molecular formula is C16H23NO4. The number of aliphatic hydroxyl groups is 1. The third-order valence-corrected chi connectivity index (χ3v) is 3.52. The number of fused-ring (bicyclic) bond motifs is 1. The predicted octanol–water partition coefficient (Wildman–Crippen LogP) is 2.79. The van der Waals surface area contributed by atoms with Crippen molar-refractivity contribution in [1.29, 1.82) is 0 Å². The van der Waals surface area contributed by atoms with Crippen LogP contribution in [0.25, 0.3) is 0 Å². The van der Waals surface area contributed by atoms with E-state index >= 15 is 0 Å². The lowest BCUT2D eigenvalue weighted by Crippen LogP contribution is -2.36. The average molecular weight is 293 g/mol. The number of benzene rings is 1. The van der Waals surface area contributed by atoms with Gasteiger partial charge in [-0.25, -0.2) is 4.79 Å². The molecule has 0 radical (unpaired) electrons. The predicted molar refractivity (Wildman–Crippen MR) is 80.9 cm³/mol. The molecule has 0 aliphatic carbocycles. The van der Waals surface area contributed by atoms with Gasteiger partial charge < -0.3 is 14.6 Å². The van der Waals surface area contributed by atoms with Gasteiger partial charge in [0.1, 0.15) is 11.4 Å². The number of carbonyl (C=O) groups excluding carboxylic acids is 1. The molecule has 5 nitrogen and oxygen atoms in total. The molecule has 0 unspecified atom stereocenters. The van der Waals surface area contributed by atoms with Gasteiger partial charge in [-0.1, -0.05) is 0 Å². The fourth-order valence-electron chi connectivity index (χ4n) is 2.72. The molecule has 1 aromatic carbocycles. The van der Waals surface area contributed by atoms with E-state index in [9.17, 15) is 9.90 Å². The molecule has 1 amide bonds. The van der Waals surface area contributed by atoms with E-state index in [1.807, 2.05) is 33.8 Å². The fraction of sp³-hybridized carbons (Fsp3) is 0.562. The summed E-state index contributed by atoms with van der Waals surface area (Å²) in [4.78, 5) is 14.0. The summed E-state index contributed by atoms with van der Waals surface area (Å²) in [7, 11) is 1.58. The van der Waals surface area contributed by atoms with Crippen molar-refractivity contribution in [2.75, 3.05) is 18.6 Å². The van der Waals surface area contributed by atoms with Crippen molar-refractivity contribution in [1.82, 2.24) is 0 Å². The summed E-state index contributed by atoms with van der Waals surface area (Å²) in [6.45, 7) is 7.94. The number of methoxy groups -OCH3 is 1. The van der Waals surface area contributed by atoms with E-state index in [1.165, 1.54) is 0 Å². The lowest BCUT2D eigenvalue weighted by molar-refractivity contribution is 0.0583. The summed E-state index contributed by atoms with van der Waals surface area (Å²) in [6.07, 6.45) is 0.348. The molecule has 5 heteroatoms. The summed E-state index contributed by atoms with van der Waals surface area (Å²) < 4.78 is 10.8. The number of hydrogen-bond acceptors (Lipinski definition) is 4. The van der Waals surface area contributed by atoms with Crippen molar-refractivity contribution in [2.45, 2.75) is 46.3 Å². The second-order valence-corrected chi connectivity index (χ2v) is 6.24. The standard InChI is InChI=1S/C16H23NO4/c1-10-8-13(20-5)12(9-18)11-6-7-17(14(10)11)15(19)21-16(2,3)4/h8,18H,6-7,9H2,1-5H3. The van der Waals surface area contributed by atoms with E-state index < -0.39 is 5.60 Å². The Bertz CT molecular complexity index is 560. The van der Waals surface area contributed by atoms with E-state index in [0.717, 1.165) is 22.4 Å². The first kappa shape index (κ1) is 15.6. The monoisotopic (exact) mass is 293 g/mol. The molecule has 1 aliphatic rings. The number of amides is 1. The SMILES string of the molecule is COc1cc(C)c2c(c1CO)CCN2C(=O)OC(C)(C)C. The largest absolute Gasteiger partial charge is 0.496 e. The maximum atomic E-state index is 12.3. The molecule has 0 atom stereocenters. The molecule has 1 aromatic rings. The molecule has 0 aromatic heterocycles. The Balaban J connectivity index is 2.42. The van der Waals surface area contributed by atoms with Crippen molar-refractivity contribution in [3.05, 3.63) is 22.8 Å². The van der Waals surface area contributed by atoms with Crippen LogP contribution < -0.4 is 9.64 Å². The number of nitrogens with zero attached hydrogens (tertiary/aromatic N) is 1. The smallest absolute Gasteiger partial charge is 0.414 e. The van der Waals surface area contributed by atoms with Gasteiger partial charge in [-0.15, -0.1) is 0 Å². The Labute approximate surface area is 125 Å². The Morgan fingerprint density at radius 2 is 2.10 bits per heavy atom. The van der Waals surface area contributed by atoms with Crippen molar-refractivity contribution in [3.63, 3.8) is 0 Å². The van der Waals surface area contributed by atoms with Crippen LogP contribution in [-0.4, -0.2) is 30.5 Å². The molecule has 0 saturated heterocycles. The van der Waals surface area contributed by atoms with Crippen LogP contribution in [0, 0.1) is 6.92 Å². The van der Waals surface area contributed by atoms with E-state index in [4.69, 9.17) is 9.47 Å². The van der Waals surface area contributed by atoms with Gasteiger partial charge in [0, 0.05) is 12.1 Å². The molecule has 21 heavy (non-hydrogen) atoms. The summed E-state index contributed by atoms with van der Waals surface area (Å²) in [5.74, 6) is 0.666. The maximum absolute atomic E-state index is 12.3. The van der Waals surface area contributed by atoms with E-state index in [2.05, 4.69) is 0 Å². The maximum Gasteiger partial charge on any atom is 0.414 e. The second kappa shape index (κ2) is 5.56. The number of carbonyl (C=O) groups is 1. The van der Waals surface area contributed by atoms with Gasteiger partial charge in [-0.3, -0.25) is 4.90 Å². The van der Waals surface area contributed by atoms with Crippen LogP contribution in [0.1, 0.15) is 37.5 Å². The summed E-state index contributed by atoms with van der Waals surface area (Å²) in [6, 6.07) is 1.85. The Hall–Kier alpha value is -1.75. The number of hydrogen-bond donors (Lipinski definition) is 1. The molecular weight excluding hydrogens is 270 g/mol. The van der Waals surface area contributed by atoms with Crippen LogP contribution in [0.4, 0.5) is 10.5 Å². The van der Waals surface area contributed by atoms with Gasteiger partial charge in [0.15, 0.2) is 0 Å². The van der Waals surface area contributed by atoms with Gasteiger partial charge >= 0.3 is 6.09 Å². The molecule has 0 saturated carbocycles. The molecule has 116 valence electrons. The quantitative estimate of drug-likeness (QED) is 0.911. The van der Waals surface area contributed by atoms with Crippen LogP contribution in [0.2, 0.25) is 0 Å². The van der Waals surface area contributed by atoms with Gasteiger partial charge in [0.05, 0.1) is 19.4 Å². The van der Waals surface area contributed by atoms with Crippen molar-refractivity contribution in [2.24, 2.45) is 0 Å². The molecule has 1 N–H and O–H groups in total. The fourth-order valence-corrected chi connectivity index (χ4v) is 2.72. The second-order valence-electron chi connectivity index (χ2n) is 6.24. The first-order valence-electron chi connectivity index (χ1n) is 7.09. The lowest BCUT2D eigenvalue weighted by Gasteiger charge is -2.26. The highest BCUT2D eigenvalue weighted by atomic mass is 16.6. The first-order valence-corrected chi connectivity index (χ1v) is 7.09. The highest BCUT2D eigenvalue weighted by Crippen LogP contribution is 2.39. The molecule has 0 bridgehead atoms. The number of aliphatic hydroxyl groups excluding tert-OH is 1. The summed E-state index contributed by atoms with van der Waals surface area (Å²) >= 11 is 0. The van der Waals surface area contributed by atoms with Crippen molar-refractivity contribution in [3.8, 4) is 5.75 Å². The Kier molecular flexibility index (Phi) is 4.14. The number of ether oxygens (including phenoxy) is 2. The molecule has 2 rings (SSSR count). The first-order chi connectivity index (χ1) is 9.78. The van der Waals surface area contributed by atoms with Crippen LogP contribution in [0.5, 0.6) is 5.75 Å². The summed E-state index contributed by atoms with van der Waals surface area (Å²) in [5, 5.41) is 9.60. The normalized spacial score (nSPS) is 14.1. The Morgan fingerprint density at radius 1 is 1.43 bits per heavy atom. The molecule has 0 fully saturated rings. The topological polar surface area (TPSA) is 59.0 Å². The van der Waals surface area contributed by atoms with Crippen LogP contribution in [-0.2, 0) is 17.8 Å². The zero-order chi connectivity index (χ0) is 15.8. The molecule has 1 aliphatic heterocycles. The minimum absolute atomic E-state index is 0.103. The van der Waals surface area contributed by atoms with E-state index in [1.54, 1.807) is 12.0 Å². The van der Waals surface area contributed by atoms with Crippen LogP contribution in [0.15, 0.2) is 6.07 Å². The van der Waals surface area contributed by atoms with Crippen molar-refractivity contribution >= 4 is 11.8 Å². The van der Waals surface area contributed by atoms with Gasteiger partial charge in [-0.2, -0.15) is 0 Å². The minimum Gasteiger partial charge on any atom is -0.496 e. The third kappa shape index (κ3) is 2.97. The number of anilines is 1. The van der Waals surface area contributed by atoms with Crippen LogP contribution in [0.3, 0.4) is 0 Å². The lowest BCUT2D eigenvalue weighted by atomic mass is 10.0. The van der Waals surface area contributed by atoms with Crippen LogP contribution >= 0.6 is 0 Å². The van der Waals surface area contributed by atoms with Crippen molar-refractivity contribution < 1.29 is 19.4 Å². The minimum atomic E-state index is -0.528.